The molecule has 0 saturated carbocycles. The van der Waals surface area contributed by atoms with Crippen molar-refractivity contribution in [1.82, 2.24) is 0 Å². The van der Waals surface area contributed by atoms with Gasteiger partial charge in [-0.3, -0.25) is 0 Å². The van der Waals surface area contributed by atoms with Crippen LogP contribution in [-0.2, 0) is 0 Å². The Balaban J connectivity index is 2.42. The predicted molar refractivity (Wildman–Crippen MR) is 80.8 cm³/mol. The van der Waals surface area contributed by atoms with Crippen molar-refractivity contribution in [2.75, 3.05) is 28.4 Å². The van der Waals surface area contributed by atoms with Crippen molar-refractivity contribution < 1.29 is 28.8 Å². The van der Waals surface area contributed by atoms with Gasteiger partial charge in [0, 0.05) is 30.3 Å². The van der Waals surface area contributed by atoms with E-state index >= 15 is 0 Å². The van der Waals surface area contributed by atoms with Gasteiger partial charge in [-0.1, -0.05) is 0 Å². The summed E-state index contributed by atoms with van der Waals surface area (Å²) in [5, 5.41) is 10.1. The maximum Gasteiger partial charge on any atom is 0.211 e. The first-order valence-electron chi connectivity index (χ1n) is 6.47. The molecule has 0 heterocycles. The zero-order chi connectivity index (χ0) is 16.1. The van der Waals surface area contributed by atoms with Gasteiger partial charge in [-0.05, 0) is 0 Å². The zero-order valence-corrected chi connectivity index (χ0v) is 12.9. The van der Waals surface area contributed by atoms with Crippen LogP contribution in [0, 0.1) is 0 Å². The van der Waals surface area contributed by atoms with Crippen molar-refractivity contribution in [2.45, 2.75) is 0 Å². The van der Waals surface area contributed by atoms with E-state index in [0.29, 0.717) is 28.7 Å². The van der Waals surface area contributed by atoms with Gasteiger partial charge < -0.3 is 28.8 Å². The topological polar surface area (TPSA) is 66.4 Å². The van der Waals surface area contributed by atoms with Crippen LogP contribution in [0.4, 0.5) is 0 Å². The number of hydrogen-bond donors (Lipinski definition) is 1. The summed E-state index contributed by atoms with van der Waals surface area (Å²) in [5.41, 5.74) is 0. The van der Waals surface area contributed by atoms with E-state index in [4.69, 9.17) is 23.7 Å². The van der Waals surface area contributed by atoms with Crippen LogP contribution >= 0.6 is 0 Å². The van der Waals surface area contributed by atoms with Crippen molar-refractivity contribution in [3.63, 3.8) is 0 Å². The average Bonchev–Trinajstić information content (AvgIpc) is 2.55. The Morgan fingerprint density at radius 3 is 1.64 bits per heavy atom. The summed E-state index contributed by atoms with van der Waals surface area (Å²) in [7, 11) is 6.07. The molecule has 0 atom stereocenters. The van der Waals surface area contributed by atoms with Gasteiger partial charge >= 0.3 is 0 Å². The number of rotatable bonds is 6. The summed E-state index contributed by atoms with van der Waals surface area (Å²) in [6.07, 6.45) is 0. The molecule has 2 rings (SSSR count). The minimum absolute atomic E-state index is 0.0991. The van der Waals surface area contributed by atoms with Crippen LogP contribution in [0.1, 0.15) is 0 Å². The maximum absolute atomic E-state index is 10.1. The molecule has 1 N–H and O–H groups in total. The Kier molecular flexibility index (Phi) is 4.83. The van der Waals surface area contributed by atoms with Crippen LogP contribution < -0.4 is 23.7 Å². The number of phenols is 1. The highest BCUT2D eigenvalue weighted by atomic mass is 16.5. The van der Waals surface area contributed by atoms with E-state index in [9.17, 15) is 5.11 Å². The predicted octanol–water partition coefficient (Wildman–Crippen LogP) is 3.22. The van der Waals surface area contributed by atoms with Crippen molar-refractivity contribution in [3.05, 3.63) is 30.3 Å². The van der Waals surface area contributed by atoms with E-state index in [1.165, 1.54) is 20.3 Å². The largest absolute Gasteiger partial charge is 0.504 e. The molecule has 0 saturated heterocycles. The van der Waals surface area contributed by atoms with E-state index in [2.05, 4.69) is 0 Å². The molecule has 0 aliphatic carbocycles. The van der Waals surface area contributed by atoms with E-state index in [0.717, 1.165) is 0 Å². The summed E-state index contributed by atoms with van der Waals surface area (Å²) < 4.78 is 26.4. The van der Waals surface area contributed by atoms with Crippen LogP contribution in [0.25, 0.3) is 0 Å². The second-order valence-electron chi connectivity index (χ2n) is 4.33. The third-order valence-electron chi connectivity index (χ3n) is 3.01. The molecule has 0 amide bonds. The number of phenolic OH excluding ortho intramolecular Hbond substituents is 1. The van der Waals surface area contributed by atoms with Crippen LogP contribution in [0.15, 0.2) is 30.3 Å². The second-order valence-corrected chi connectivity index (χ2v) is 4.33. The molecule has 2 aromatic rings. The highest BCUT2D eigenvalue weighted by Gasteiger charge is 2.15. The van der Waals surface area contributed by atoms with Crippen LogP contribution in [0.3, 0.4) is 0 Å². The lowest BCUT2D eigenvalue weighted by Gasteiger charge is -2.14. The first-order valence-corrected chi connectivity index (χ1v) is 6.47. The average molecular weight is 306 g/mol. The van der Waals surface area contributed by atoms with Crippen LogP contribution in [0.5, 0.6) is 40.2 Å². The third kappa shape index (κ3) is 3.28. The summed E-state index contributed by atoms with van der Waals surface area (Å²) in [6, 6.07) is 8.12. The van der Waals surface area contributed by atoms with E-state index < -0.39 is 0 Å². The van der Waals surface area contributed by atoms with Crippen LogP contribution in [0.2, 0.25) is 0 Å². The van der Waals surface area contributed by atoms with Gasteiger partial charge in [-0.25, -0.2) is 0 Å². The molecular formula is C16H18O6. The SMILES string of the molecule is COc1cc(OC)cc(Oc2c(O)cc(OC)cc2OC)c1. The Hall–Kier alpha value is -2.76. The lowest BCUT2D eigenvalue weighted by molar-refractivity contribution is 0.344. The monoisotopic (exact) mass is 306 g/mol. The first kappa shape index (κ1) is 15.6. The fourth-order valence-corrected chi connectivity index (χ4v) is 1.89. The van der Waals surface area contributed by atoms with Crippen molar-refractivity contribution in [3.8, 4) is 40.2 Å². The molecule has 2 aromatic carbocycles. The highest BCUT2D eigenvalue weighted by molar-refractivity contribution is 5.57. The molecule has 0 bridgehead atoms. The van der Waals surface area contributed by atoms with E-state index in [1.807, 2.05) is 0 Å². The molecule has 0 spiro atoms. The van der Waals surface area contributed by atoms with Gasteiger partial charge in [0.2, 0.25) is 5.75 Å². The molecule has 118 valence electrons. The molecule has 22 heavy (non-hydrogen) atoms. The van der Waals surface area contributed by atoms with E-state index in [1.54, 1.807) is 38.5 Å². The van der Waals surface area contributed by atoms with E-state index in [-0.39, 0.29) is 11.5 Å². The van der Waals surface area contributed by atoms with Gasteiger partial charge in [-0.2, -0.15) is 0 Å². The van der Waals surface area contributed by atoms with Gasteiger partial charge in [0.05, 0.1) is 28.4 Å². The van der Waals surface area contributed by atoms with Gasteiger partial charge in [0.15, 0.2) is 11.5 Å². The third-order valence-corrected chi connectivity index (χ3v) is 3.01. The summed E-state index contributed by atoms with van der Waals surface area (Å²) >= 11 is 0. The second kappa shape index (κ2) is 6.80. The number of methoxy groups -OCH3 is 4. The highest BCUT2D eigenvalue weighted by Crippen LogP contribution is 2.43. The number of hydrogen-bond acceptors (Lipinski definition) is 6. The molecule has 0 aliphatic heterocycles. The summed E-state index contributed by atoms with van der Waals surface area (Å²) in [4.78, 5) is 0. The molecular weight excluding hydrogens is 288 g/mol. The van der Waals surface area contributed by atoms with Gasteiger partial charge in [0.1, 0.15) is 23.0 Å². The fourth-order valence-electron chi connectivity index (χ4n) is 1.89. The van der Waals surface area contributed by atoms with Crippen LogP contribution in [-0.4, -0.2) is 33.5 Å². The molecule has 6 nitrogen and oxygen atoms in total. The first-order chi connectivity index (χ1) is 10.6. The Labute approximate surface area is 128 Å². The number of aromatic hydroxyl groups is 1. The van der Waals surface area contributed by atoms with Crippen molar-refractivity contribution >= 4 is 0 Å². The zero-order valence-electron chi connectivity index (χ0n) is 12.9. The van der Waals surface area contributed by atoms with Crippen molar-refractivity contribution in [2.24, 2.45) is 0 Å². The lowest BCUT2D eigenvalue weighted by atomic mass is 10.2. The van der Waals surface area contributed by atoms with Gasteiger partial charge in [-0.15, -0.1) is 0 Å². The Morgan fingerprint density at radius 1 is 0.636 bits per heavy atom. The molecule has 0 radical (unpaired) electrons. The normalized spacial score (nSPS) is 10.0. The minimum Gasteiger partial charge on any atom is -0.504 e. The van der Waals surface area contributed by atoms with Gasteiger partial charge in [0.25, 0.3) is 0 Å². The molecule has 0 aliphatic rings. The smallest absolute Gasteiger partial charge is 0.211 e. The number of benzene rings is 2. The minimum atomic E-state index is -0.0991. The molecule has 0 unspecified atom stereocenters. The maximum atomic E-state index is 10.1. The number of ether oxygens (including phenoxy) is 5. The molecule has 0 fully saturated rings. The van der Waals surface area contributed by atoms with Crippen molar-refractivity contribution in [1.29, 1.82) is 0 Å². The molecule has 0 aromatic heterocycles. The quantitative estimate of drug-likeness (QED) is 0.884. The Morgan fingerprint density at radius 2 is 1.14 bits per heavy atom. The molecule has 6 heteroatoms. The fraction of sp³-hybridized carbons (Fsp3) is 0.250. The summed E-state index contributed by atoms with van der Waals surface area (Å²) in [6.45, 7) is 0. The lowest BCUT2D eigenvalue weighted by Crippen LogP contribution is -1.94. The Bertz CT molecular complexity index is 631. The standard InChI is InChI=1S/C16H18O6/c1-18-10-5-11(19-2)7-13(6-10)22-16-14(17)8-12(20-3)9-15(16)21-4/h5-9,17H,1-4H3. The summed E-state index contributed by atoms with van der Waals surface area (Å²) in [5.74, 6) is 2.47.